The lowest BCUT2D eigenvalue weighted by Gasteiger charge is -2.40. The van der Waals surface area contributed by atoms with Crippen LogP contribution in [0.2, 0.25) is 0 Å². The predicted molar refractivity (Wildman–Crippen MR) is 247 cm³/mol. The summed E-state index contributed by atoms with van der Waals surface area (Å²) in [6.07, 6.45) is 38.5. The molecule has 12 nitrogen and oxygen atoms in total. The highest BCUT2D eigenvalue weighted by Gasteiger charge is 2.46. The standard InChI is InChI=1S/C49H84O12S/c1-3-5-7-9-11-13-15-17-18-19-20-21-22-23-24-26-28-30-32-34-36-38-45(51)60-42(40-59-49-48(54)47(53)46(52)43(61-49)41-62(55,56)57)39-58-44(50)37-35-33-31-29-27-25-16-14-12-10-8-6-4-2/h18-19,21-22,24-27,30,32,42-43,46-49,52-54H,3-17,20,23,28-29,31,33-41H2,1-2H3,(H,55,56,57)/b19-18+,22-21+,26-24+,27-25+,32-30+/t42-,43-,46-,47?,48?,49+/m1/s1. The van der Waals surface area contributed by atoms with Gasteiger partial charge >= 0.3 is 11.9 Å². The zero-order chi connectivity index (χ0) is 45.5. The first-order chi connectivity index (χ1) is 30.0. The number of carbonyl (C=O) groups is 2. The van der Waals surface area contributed by atoms with Gasteiger partial charge in [0.25, 0.3) is 10.1 Å². The lowest BCUT2D eigenvalue weighted by atomic mass is 10.00. The summed E-state index contributed by atoms with van der Waals surface area (Å²) in [4.78, 5) is 25.4. The maximum absolute atomic E-state index is 12.8. The summed E-state index contributed by atoms with van der Waals surface area (Å²) in [6, 6.07) is 0. The van der Waals surface area contributed by atoms with Crippen molar-refractivity contribution in [2.75, 3.05) is 19.0 Å². The van der Waals surface area contributed by atoms with Gasteiger partial charge in [-0.15, -0.1) is 0 Å². The van der Waals surface area contributed by atoms with Gasteiger partial charge in [0.1, 0.15) is 36.8 Å². The number of hydrogen-bond acceptors (Lipinski definition) is 11. The lowest BCUT2D eigenvalue weighted by molar-refractivity contribution is -0.297. The van der Waals surface area contributed by atoms with Crippen molar-refractivity contribution >= 4 is 22.1 Å². The maximum Gasteiger partial charge on any atom is 0.306 e. The molecule has 0 aliphatic carbocycles. The van der Waals surface area contributed by atoms with Crippen LogP contribution < -0.4 is 0 Å². The Hall–Kier alpha value is -2.65. The zero-order valence-corrected chi connectivity index (χ0v) is 39.0. The molecule has 0 aromatic heterocycles. The van der Waals surface area contributed by atoms with Crippen molar-refractivity contribution in [1.82, 2.24) is 0 Å². The molecule has 0 spiro atoms. The molecule has 2 unspecified atom stereocenters. The van der Waals surface area contributed by atoms with Crippen molar-refractivity contribution in [3.63, 3.8) is 0 Å². The smallest absolute Gasteiger partial charge is 0.306 e. The van der Waals surface area contributed by atoms with E-state index in [4.69, 9.17) is 18.9 Å². The Balaban J connectivity index is 2.48. The third kappa shape index (κ3) is 32.9. The maximum atomic E-state index is 12.8. The van der Waals surface area contributed by atoms with Crippen molar-refractivity contribution in [2.24, 2.45) is 0 Å². The lowest BCUT2D eigenvalue weighted by Crippen LogP contribution is -2.60. The van der Waals surface area contributed by atoms with Gasteiger partial charge in [-0.1, -0.05) is 152 Å². The molecule has 1 aliphatic heterocycles. The van der Waals surface area contributed by atoms with Gasteiger partial charge in [0, 0.05) is 12.8 Å². The fourth-order valence-electron chi connectivity index (χ4n) is 6.84. The molecule has 1 saturated heterocycles. The van der Waals surface area contributed by atoms with Crippen molar-refractivity contribution in [3.05, 3.63) is 60.8 Å². The predicted octanol–water partition coefficient (Wildman–Crippen LogP) is 10.1. The van der Waals surface area contributed by atoms with Crippen molar-refractivity contribution in [2.45, 2.75) is 218 Å². The summed E-state index contributed by atoms with van der Waals surface area (Å²) < 4.78 is 54.0. The van der Waals surface area contributed by atoms with E-state index in [1.807, 2.05) is 12.2 Å². The van der Waals surface area contributed by atoms with Crippen LogP contribution in [-0.4, -0.2) is 96.0 Å². The number of hydrogen-bond donors (Lipinski definition) is 4. The van der Waals surface area contributed by atoms with Gasteiger partial charge in [0.05, 0.1) is 6.61 Å². The Morgan fingerprint density at radius 3 is 1.50 bits per heavy atom. The second-order valence-electron chi connectivity index (χ2n) is 16.4. The number of aliphatic hydroxyl groups is 3. The van der Waals surface area contributed by atoms with E-state index in [1.54, 1.807) is 0 Å². The fraction of sp³-hybridized carbons (Fsp3) is 0.755. The van der Waals surface area contributed by atoms with Gasteiger partial charge in [-0.05, 0) is 77.0 Å². The number of esters is 2. The SMILES string of the molecule is CCCCCCCC/C=C/CCCCCC(=O)OC[C@H](CO[C@H]1O[C@H](CS(=O)(=O)O)[C@@H](O)C(O)C1O)OC(=O)CCC/C=C/C/C=C/C/C=C/C/C=C/CCCCCCCCC. The molecule has 13 heteroatoms. The number of allylic oxidation sites excluding steroid dienone is 10. The number of unbranched alkanes of at least 4 members (excludes halogenated alkanes) is 17. The largest absolute Gasteiger partial charge is 0.462 e. The fourth-order valence-corrected chi connectivity index (χ4v) is 7.53. The van der Waals surface area contributed by atoms with E-state index in [0.29, 0.717) is 19.3 Å². The highest BCUT2D eigenvalue weighted by molar-refractivity contribution is 7.85. The van der Waals surface area contributed by atoms with Crippen LogP contribution in [0.4, 0.5) is 0 Å². The number of rotatable bonds is 39. The third-order valence-electron chi connectivity index (χ3n) is 10.6. The molecule has 0 bridgehead atoms. The van der Waals surface area contributed by atoms with Crippen LogP contribution in [0.3, 0.4) is 0 Å². The summed E-state index contributed by atoms with van der Waals surface area (Å²) >= 11 is 0. The Bertz CT molecular complexity index is 1370. The minimum Gasteiger partial charge on any atom is -0.462 e. The normalized spacial score (nSPS) is 20.4. The Kier molecular flexibility index (Phi) is 35.9. The van der Waals surface area contributed by atoms with E-state index < -0.39 is 71.2 Å². The van der Waals surface area contributed by atoms with Crippen molar-refractivity contribution < 1.29 is 56.8 Å². The van der Waals surface area contributed by atoms with Crippen LogP contribution in [0, 0.1) is 0 Å². The molecule has 1 rings (SSSR count). The van der Waals surface area contributed by atoms with Gasteiger partial charge in [-0.2, -0.15) is 8.42 Å². The molecule has 62 heavy (non-hydrogen) atoms. The summed E-state index contributed by atoms with van der Waals surface area (Å²) in [5.74, 6) is -2.08. The van der Waals surface area contributed by atoms with Crippen LogP contribution in [0.1, 0.15) is 181 Å². The van der Waals surface area contributed by atoms with Gasteiger partial charge in [-0.25, -0.2) is 0 Å². The second-order valence-corrected chi connectivity index (χ2v) is 17.9. The van der Waals surface area contributed by atoms with Gasteiger partial charge in [0.15, 0.2) is 12.4 Å². The quantitative estimate of drug-likeness (QED) is 0.0198. The van der Waals surface area contributed by atoms with E-state index in [9.17, 15) is 37.9 Å². The van der Waals surface area contributed by atoms with Crippen molar-refractivity contribution in [3.8, 4) is 0 Å². The Labute approximate surface area is 375 Å². The Morgan fingerprint density at radius 1 is 0.548 bits per heavy atom. The molecule has 6 atom stereocenters. The second kappa shape index (κ2) is 38.8. The van der Waals surface area contributed by atoms with E-state index in [2.05, 4.69) is 62.5 Å². The molecule has 0 aromatic rings. The molecule has 0 aromatic carbocycles. The zero-order valence-electron chi connectivity index (χ0n) is 38.2. The van der Waals surface area contributed by atoms with Gasteiger partial charge in [0.2, 0.25) is 0 Å². The molecule has 0 radical (unpaired) electrons. The molecular weight excluding hydrogens is 813 g/mol. The summed E-state index contributed by atoms with van der Waals surface area (Å²) in [7, 11) is -4.61. The van der Waals surface area contributed by atoms with E-state index in [0.717, 1.165) is 51.4 Å². The molecule has 358 valence electrons. The molecule has 0 amide bonds. The first-order valence-electron chi connectivity index (χ1n) is 23.8. The average Bonchev–Trinajstić information content (AvgIpc) is 3.24. The summed E-state index contributed by atoms with van der Waals surface area (Å²) in [6.45, 7) is 3.69. The van der Waals surface area contributed by atoms with Crippen LogP contribution in [0.25, 0.3) is 0 Å². The molecule has 1 aliphatic rings. The first kappa shape index (κ1) is 57.4. The van der Waals surface area contributed by atoms with Crippen LogP contribution in [0.15, 0.2) is 60.8 Å². The van der Waals surface area contributed by atoms with Crippen LogP contribution in [0.5, 0.6) is 0 Å². The van der Waals surface area contributed by atoms with Crippen LogP contribution in [-0.2, 0) is 38.7 Å². The minimum absolute atomic E-state index is 0.0835. The monoisotopic (exact) mass is 897 g/mol. The molecular formula is C49H84O12S. The van der Waals surface area contributed by atoms with Crippen molar-refractivity contribution in [1.29, 1.82) is 0 Å². The van der Waals surface area contributed by atoms with Gasteiger partial charge in [-0.3, -0.25) is 14.1 Å². The highest BCUT2D eigenvalue weighted by atomic mass is 32.2. The van der Waals surface area contributed by atoms with Crippen LogP contribution >= 0.6 is 0 Å². The third-order valence-corrected chi connectivity index (χ3v) is 11.3. The molecule has 1 fully saturated rings. The number of aliphatic hydroxyl groups excluding tert-OH is 3. The Morgan fingerprint density at radius 2 is 0.984 bits per heavy atom. The summed E-state index contributed by atoms with van der Waals surface area (Å²) in [5.41, 5.74) is 0. The first-order valence-corrected chi connectivity index (χ1v) is 25.5. The number of ether oxygens (including phenoxy) is 4. The molecule has 1 heterocycles. The van der Waals surface area contributed by atoms with Gasteiger partial charge < -0.3 is 34.3 Å². The van der Waals surface area contributed by atoms with E-state index in [1.165, 1.54) is 83.5 Å². The number of carbonyl (C=O) groups excluding carboxylic acids is 2. The molecule has 4 N–H and O–H groups in total. The molecule has 0 saturated carbocycles. The summed E-state index contributed by atoms with van der Waals surface area (Å²) in [5, 5.41) is 30.9. The van der Waals surface area contributed by atoms with E-state index >= 15 is 0 Å². The topological polar surface area (TPSA) is 186 Å². The highest BCUT2D eigenvalue weighted by Crippen LogP contribution is 2.24. The minimum atomic E-state index is -4.61. The average molecular weight is 897 g/mol. The van der Waals surface area contributed by atoms with E-state index in [-0.39, 0.29) is 19.4 Å².